The molecule has 0 N–H and O–H groups in total. The van der Waals surface area contributed by atoms with Gasteiger partial charge in [0.1, 0.15) is 0 Å². The third-order valence-electron chi connectivity index (χ3n) is 11.3. The molecule has 0 saturated carbocycles. The monoisotopic (exact) mass is 832 g/mol. The van der Waals surface area contributed by atoms with Crippen LogP contribution in [0.3, 0.4) is 0 Å². The number of nitrogens with zero attached hydrogens (tertiary/aromatic N) is 6. The number of hydrogen-bond donors (Lipinski definition) is 0. The van der Waals surface area contributed by atoms with Crippen LogP contribution in [0.25, 0.3) is 0 Å². The molecular weight excluding hydrogens is 771 g/mol. The molecule has 0 aromatic heterocycles. The Morgan fingerprint density at radius 3 is 0.774 bits per heavy atom. The number of rotatable bonds is 10. The van der Waals surface area contributed by atoms with Crippen LogP contribution in [0.2, 0.25) is 3.34 Å². The Morgan fingerprint density at radius 2 is 0.585 bits per heavy atom. The van der Waals surface area contributed by atoms with Crippen LogP contribution in [0, 0.1) is 20.8 Å². The van der Waals surface area contributed by atoms with E-state index in [-0.39, 0.29) is 40.6 Å². The Kier molecular flexibility index (Phi) is 16.3. The molecule has 1 aliphatic carbocycles. The van der Waals surface area contributed by atoms with Gasteiger partial charge in [0, 0.05) is 0 Å². The van der Waals surface area contributed by atoms with Gasteiger partial charge < -0.3 is 37.2 Å². The van der Waals surface area contributed by atoms with Crippen molar-refractivity contribution in [1.29, 1.82) is 0 Å². The average Bonchev–Trinajstić information content (AvgIpc) is 3.17. The standard InChI is InChI=1S/C42H63N6Si.3ClH.Ti/c1-26-20-23-33(39(46(14)15)36(26)43(8)9)49(42-31(6)29(4)30(5)32(42)7,34-24-21-27(2)37(44(10)11)40(34)47(16)17)35-25-22-28(3)38(45(12)13)41(35)48(18)19;;;;/h20-25H,1-19H3;3*1H;/q;;;;+3/p-3. The van der Waals surface area contributed by atoms with Gasteiger partial charge in [0.05, 0.1) is 0 Å². The first-order chi connectivity index (χ1) is 23.1. The minimum atomic E-state index is -3.27. The molecule has 6 nitrogen and oxygen atoms in total. The van der Waals surface area contributed by atoms with Crippen LogP contribution in [0.1, 0.15) is 44.4 Å². The summed E-state index contributed by atoms with van der Waals surface area (Å²) >= 11 is 2.60. The van der Waals surface area contributed by atoms with Gasteiger partial charge in [-0.05, 0) is 0 Å². The van der Waals surface area contributed by atoms with E-state index in [4.69, 9.17) is 0 Å². The van der Waals surface area contributed by atoms with Crippen molar-refractivity contribution in [2.75, 3.05) is 114 Å². The second-order valence-electron chi connectivity index (χ2n) is 15.7. The van der Waals surface area contributed by atoms with Crippen LogP contribution in [0.5, 0.6) is 0 Å². The van der Waals surface area contributed by atoms with E-state index in [1.54, 1.807) is 0 Å². The van der Waals surface area contributed by atoms with Crippen LogP contribution in [-0.4, -0.2) is 92.6 Å². The first-order valence-corrected chi connectivity index (χ1v) is 20.5. The fourth-order valence-corrected chi connectivity index (χ4v) is 18.2. The van der Waals surface area contributed by atoms with Crippen molar-refractivity contribution in [2.45, 2.75) is 51.8 Å². The minimum Gasteiger partial charge on any atom is -1.00 e. The Balaban J connectivity index is 0.00000468. The molecule has 0 aliphatic heterocycles. The molecular formula is C42H63Cl3N6SiTi. The first kappa shape index (κ1) is 48.8. The second-order valence-corrected chi connectivity index (χ2v) is 21.6. The number of hydrogen-bond acceptors (Lipinski definition) is 6. The fraction of sp³-hybridized carbons (Fsp3) is 0.476. The van der Waals surface area contributed by atoms with Crippen LogP contribution in [0.15, 0.2) is 58.7 Å². The average molecular weight is 834 g/mol. The van der Waals surface area contributed by atoms with Crippen molar-refractivity contribution in [3.63, 3.8) is 0 Å². The maximum absolute atomic E-state index is 3.27. The zero-order valence-electron chi connectivity index (χ0n) is 35.8. The molecule has 3 aromatic rings. The van der Waals surface area contributed by atoms with Gasteiger partial charge >= 0.3 is 319 Å². The summed E-state index contributed by atoms with van der Waals surface area (Å²) in [5, 5.41) is 4.32. The zero-order chi connectivity index (χ0) is 37.9. The van der Waals surface area contributed by atoms with Gasteiger partial charge in [0.25, 0.3) is 0 Å². The Bertz CT molecular complexity index is 1690. The third kappa shape index (κ3) is 7.40. The van der Waals surface area contributed by atoms with Crippen molar-refractivity contribution in [3.8, 4) is 0 Å². The molecule has 53 heavy (non-hydrogen) atoms. The largest absolute Gasteiger partial charge is 1.00 e. The first-order valence-electron chi connectivity index (χ1n) is 17.7. The Morgan fingerprint density at radius 1 is 0.377 bits per heavy atom. The predicted molar refractivity (Wildman–Crippen MR) is 224 cm³/mol. The number of benzene rings is 3. The molecule has 11 heteroatoms. The molecule has 0 unspecified atom stereocenters. The Labute approximate surface area is 354 Å². The van der Waals surface area contributed by atoms with Gasteiger partial charge in [-0.3, -0.25) is 0 Å². The fourth-order valence-electron chi connectivity index (χ4n) is 9.01. The molecule has 0 amide bonds. The summed E-state index contributed by atoms with van der Waals surface area (Å²) in [6.45, 7) is 16.4. The van der Waals surface area contributed by atoms with E-state index in [9.17, 15) is 0 Å². The molecule has 0 fully saturated rings. The second kappa shape index (κ2) is 17.7. The van der Waals surface area contributed by atoms with Crippen molar-refractivity contribution in [2.24, 2.45) is 0 Å². The Hall–Kier alpha value is -2.26. The zero-order valence-corrected chi connectivity index (χ0v) is 40.6. The van der Waals surface area contributed by atoms with Gasteiger partial charge in [-0.1, -0.05) is 0 Å². The van der Waals surface area contributed by atoms with Gasteiger partial charge in [-0.2, -0.15) is 0 Å². The predicted octanol–water partition coefficient (Wildman–Crippen LogP) is -2.58. The summed E-state index contributed by atoms with van der Waals surface area (Å²) in [5.74, 6) is 0. The molecule has 1 aliphatic rings. The van der Waals surface area contributed by atoms with Crippen LogP contribution in [-0.2, 0) is 20.4 Å². The molecule has 3 aromatic carbocycles. The maximum atomic E-state index is 2.60. The van der Waals surface area contributed by atoms with E-state index in [0.717, 1.165) is 0 Å². The van der Waals surface area contributed by atoms with Crippen LogP contribution < -0.4 is 82.2 Å². The molecule has 290 valence electrons. The summed E-state index contributed by atoms with van der Waals surface area (Å²) in [7, 11) is 23.4. The number of anilines is 6. The van der Waals surface area contributed by atoms with Gasteiger partial charge in [0.15, 0.2) is 0 Å². The number of aryl methyl sites for hydroxylation is 3. The molecule has 4 rings (SSSR count). The topological polar surface area (TPSA) is 19.4 Å². The van der Waals surface area contributed by atoms with Crippen LogP contribution >= 0.6 is 0 Å². The quantitative estimate of drug-likeness (QED) is 0.164. The van der Waals surface area contributed by atoms with E-state index in [2.05, 4.69) is 219 Å². The van der Waals surface area contributed by atoms with E-state index < -0.39 is 8.07 Å². The van der Waals surface area contributed by atoms with Crippen LogP contribution in [0.4, 0.5) is 34.1 Å². The summed E-state index contributed by atoms with van der Waals surface area (Å²) in [6, 6.07) is 14.7. The minimum absolute atomic E-state index is 0. The maximum Gasteiger partial charge on any atom is -1.00 e. The molecule has 0 saturated heterocycles. The van der Waals surface area contributed by atoms with E-state index in [1.807, 2.05) is 0 Å². The van der Waals surface area contributed by atoms with Gasteiger partial charge in [0.2, 0.25) is 0 Å². The molecule has 0 spiro atoms. The van der Waals surface area contributed by atoms with Gasteiger partial charge in [-0.15, -0.1) is 0 Å². The van der Waals surface area contributed by atoms with E-state index >= 15 is 0 Å². The van der Waals surface area contributed by atoms with Crippen molar-refractivity contribution < 1.29 is 57.7 Å². The van der Waals surface area contributed by atoms with E-state index in [0.29, 0.717) is 0 Å². The number of allylic oxidation sites excluding steroid dienone is 4. The third-order valence-corrected chi connectivity index (χ3v) is 19.8. The van der Waals surface area contributed by atoms with Gasteiger partial charge in [-0.25, -0.2) is 0 Å². The molecule has 0 heterocycles. The normalized spacial score (nSPS) is 13.6. The SMILES string of the molecule is CC1=C(C)[C]([Ti+3])([Si](c2ccc(C)c(N(C)C)c2N(C)C)(c2ccc(C)c(N(C)C)c2N(C)C)c2ccc(C)c(N(C)C)c2N(C)C)C(C)=C1C.[Cl-].[Cl-].[Cl-]. The van der Waals surface area contributed by atoms with Crippen molar-refractivity contribution >= 4 is 57.8 Å². The van der Waals surface area contributed by atoms with E-state index in [1.165, 1.54) is 88.7 Å². The molecule has 0 bridgehead atoms. The summed E-state index contributed by atoms with van der Waals surface area (Å²) in [4.78, 5) is 14.2. The summed E-state index contributed by atoms with van der Waals surface area (Å²) < 4.78 is -0.308. The molecule has 0 radical (unpaired) electrons. The smallest absolute Gasteiger partial charge is 1.00 e. The summed E-state index contributed by atoms with van der Waals surface area (Å²) in [6.07, 6.45) is 0. The van der Waals surface area contributed by atoms with Crippen molar-refractivity contribution in [1.82, 2.24) is 0 Å². The molecule has 0 atom stereocenters. The van der Waals surface area contributed by atoms with Crippen molar-refractivity contribution in [3.05, 3.63) is 75.4 Å². The number of halogens is 3. The summed E-state index contributed by atoms with van der Waals surface area (Å²) in [5.41, 5.74) is 17.4.